The highest BCUT2D eigenvalue weighted by molar-refractivity contribution is 5.85. The largest absolute Gasteiger partial charge is 0.491 e. The Labute approximate surface area is 211 Å². The molecule has 0 atom stereocenters. The van der Waals surface area contributed by atoms with Gasteiger partial charge in [0.1, 0.15) is 23.7 Å². The van der Waals surface area contributed by atoms with Crippen molar-refractivity contribution in [3.05, 3.63) is 60.3 Å². The van der Waals surface area contributed by atoms with Crippen LogP contribution in [0.25, 0.3) is 0 Å². The van der Waals surface area contributed by atoms with Gasteiger partial charge in [0.25, 0.3) is 0 Å². The van der Waals surface area contributed by atoms with Gasteiger partial charge in [-0.15, -0.1) is 0 Å². The second kappa shape index (κ2) is 11.3. The van der Waals surface area contributed by atoms with Crippen molar-refractivity contribution in [3.8, 4) is 17.4 Å². The molecule has 3 aromatic rings. The van der Waals surface area contributed by atoms with E-state index in [1.165, 1.54) is 0 Å². The summed E-state index contributed by atoms with van der Waals surface area (Å²) in [4.78, 5) is 21.3. The minimum Gasteiger partial charge on any atom is -0.491 e. The zero-order valence-electron chi connectivity index (χ0n) is 21.0. The van der Waals surface area contributed by atoms with Gasteiger partial charge in [-0.1, -0.05) is 6.07 Å². The number of carbonyl (C=O) groups is 1. The Balaban J connectivity index is 1.46. The van der Waals surface area contributed by atoms with Crippen molar-refractivity contribution in [2.75, 3.05) is 31.0 Å². The van der Waals surface area contributed by atoms with Crippen LogP contribution in [-0.2, 0) is 9.47 Å². The van der Waals surface area contributed by atoms with Crippen molar-refractivity contribution in [1.29, 1.82) is 0 Å². The Morgan fingerprint density at radius 3 is 2.50 bits per heavy atom. The van der Waals surface area contributed by atoms with Crippen LogP contribution >= 0.6 is 0 Å². The Hall–Kier alpha value is -3.85. The maximum Gasteiger partial charge on any atom is 0.412 e. The lowest BCUT2D eigenvalue weighted by molar-refractivity contribution is 0.0636. The van der Waals surface area contributed by atoms with Crippen LogP contribution in [0.5, 0.6) is 17.4 Å². The number of anilines is 3. The van der Waals surface area contributed by atoms with E-state index < -0.39 is 11.7 Å². The molecule has 9 heteroatoms. The minimum absolute atomic E-state index is 0.389. The molecule has 0 spiro atoms. The SMILES string of the molecule is COCCOc1ccc(Nc2ncc(C3CC3)c(Oc3cccc(NC(=O)OC(C)(C)C)c3)n2)cc1. The number of aromatic nitrogens is 2. The summed E-state index contributed by atoms with van der Waals surface area (Å²) in [6, 6.07) is 14.7. The van der Waals surface area contributed by atoms with Crippen LogP contribution in [0.4, 0.5) is 22.1 Å². The number of hydrogen-bond donors (Lipinski definition) is 2. The third kappa shape index (κ3) is 7.58. The summed E-state index contributed by atoms with van der Waals surface area (Å²) in [5.41, 5.74) is 1.77. The number of benzene rings is 2. The summed E-state index contributed by atoms with van der Waals surface area (Å²) >= 11 is 0. The Bertz CT molecular complexity index is 1170. The van der Waals surface area contributed by atoms with Crippen LogP contribution in [0.1, 0.15) is 45.1 Å². The Morgan fingerprint density at radius 2 is 1.81 bits per heavy atom. The zero-order chi connectivity index (χ0) is 25.5. The third-order valence-corrected chi connectivity index (χ3v) is 5.16. The summed E-state index contributed by atoms with van der Waals surface area (Å²) in [6.07, 6.45) is 3.45. The first kappa shape index (κ1) is 25.2. The van der Waals surface area contributed by atoms with Crippen LogP contribution in [0.2, 0.25) is 0 Å². The molecule has 2 aromatic carbocycles. The number of rotatable bonds is 10. The van der Waals surface area contributed by atoms with Crippen molar-refractivity contribution in [2.45, 2.75) is 45.1 Å². The van der Waals surface area contributed by atoms with Gasteiger partial charge in [-0.2, -0.15) is 4.98 Å². The number of carbonyl (C=O) groups excluding carboxylic acids is 1. The second-order valence-electron chi connectivity index (χ2n) is 9.48. The summed E-state index contributed by atoms with van der Waals surface area (Å²) in [5.74, 6) is 2.61. The number of ether oxygens (including phenoxy) is 4. The highest BCUT2D eigenvalue weighted by Crippen LogP contribution is 2.44. The number of hydrogen-bond acceptors (Lipinski definition) is 8. The van der Waals surface area contributed by atoms with E-state index in [9.17, 15) is 4.79 Å². The van der Waals surface area contributed by atoms with Gasteiger partial charge in [-0.05, 0) is 75.9 Å². The molecule has 190 valence electrons. The van der Waals surface area contributed by atoms with E-state index in [-0.39, 0.29) is 0 Å². The fourth-order valence-electron chi connectivity index (χ4n) is 3.37. The molecule has 2 N–H and O–H groups in total. The maximum absolute atomic E-state index is 12.1. The highest BCUT2D eigenvalue weighted by Gasteiger charge is 2.29. The maximum atomic E-state index is 12.1. The fraction of sp³-hybridized carbons (Fsp3) is 0.370. The van der Waals surface area contributed by atoms with Crippen molar-refractivity contribution in [3.63, 3.8) is 0 Å². The summed E-state index contributed by atoms with van der Waals surface area (Å²) in [6.45, 7) is 6.47. The molecule has 1 heterocycles. The molecule has 1 aliphatic carbocycles. The van der Waals surface area contributed by atoms with Gasteiger partial charge >= 0.3 is 6.09 Å². The van der Waals surface area contributed by atoms with Crippen molar-refractivity contribution >= 4 is 23.4 Å². The molecule has 1 saturated carbocycles. The van der Waals surface area contributed by atoms with Crippen LogP contribution < -0.4 is 20.1 Å². The molecule has 1 fully saturated rings. The molecule has 0 unspecified atom stereocenters. The summed E-state index contributed by atoms with van der Waals surface area (Å²) in [5, 5.41) is 5.95. The molecule has 4 rings (SSSR count). The summed E-state index contributed by atoms with van der Waals surface area (Å²) in [7, 11) is 1.64. The van der Waals surface area contributed by atoms with Gasteiger partial charge in [0.2, 0.25) is 11.8 Å². The monoisotopic (exact) mass is 492 g/mol. The summed E-state index contributed by atoms with van der Waals surface area (Å²) < 4.78 is 22.1. The number of nitrogens with zero attached hydrogens (tertiary/aromatic N) is 2. The molecule has 0 saturated heterocycles. The molecule has 36 heavy (non-hydrogen) atoms. The average molecular weight is 493 g/mol. The first-order chi connectivity index (χ1) is 17.3. The number of amides is 1. The molecule has 0 bridgehead atoms. The minimum atomic E-state index is -0.584. The van der Waals surface area contributed by atoms with Crippen molar-refractivity contribution < 1.29 is 23.7 Å². The van der Waals surface area contributed by atoms with Crippen LogP contribution in [0.3, 0.4) is 0 Å². The molecular weight excluding hydrogens is 460 g/mol. The standard InChI is InChI=1S/C27H32N4O5/c1-27(2,3)36-26(32)30-20-6-5-7-22(16-20)35-24-23(18-8-9-18)17-28-25(31-24)29-19-10-12-21(13-11-19)34-15-14-33-4/h5-7,10-13,16-18H,8-9,14-15H2,1-4H3,(H,30,32)(H,28,29,31). The van der Waals surface area contributed by atoms with Crippen LogP contribution in [0, 0.1) is 0 Å². The first-order valence-corrected chi connectivity index (χ1v) is 11.9. The lowest BCUT2D eigenvalue weighted by atomic mass is 10.2. The molecule has 0 radical (unpaired) electrons. The number of nitrogens with one attached hydrogen (secondary N) is 2. The topological polar surface area (TPSA) is 104 Å². The molecule has 9 nitrogen and oxygen atoms in total. The second-order valence-corrected chi connectivity index (χ2v) is 9.48. The first-order valence-electron chi connectivity index (χ1n) is 11.9. The van der Waals surface area contributed by atoms with E-state index in [2.05, 4.69) is 20.6 Å². The molecule has 0 aliphatic heterocycles. The van der Waals surface area contributed by atoms with Gasteiger partial charge in [0.15, 0.2) is 0 Å². The molecule has 1 aromatic heterocycles. The molecular formula is C27H32N4O5. The fourth-order valence-corrected chi connectivity index (χ4v) is 3.37. The van der Waals surface area contributed by atoms with Crippen LogP contribution in [-0.4, -0.2) is 42.0 Å². The van der Waals surface area contributed by atoms with Crippen molar-refractivity contribution in [2.24, 2.45) is 0 Å². The molecule has 1 aliphatic rings. The lowest BCUT2D eigenvalue weighted by Crippen LogP contribution is -2.27. The quantitative estimate of drug-likeness (QED) is 0.320. The van der Waals surface area contributed by atoms with Crippen molar-refractivity contribution in [1.82, 2.24) is 9.97 Å². The number of methoxy groups -OCH3 is 1. The van der Waals surface area contributed by atoms with Gasteiger partial charge in [0.05, 0.1) is 6.61 Å². The van der Waals surface area contributed by atoms with Gasteiger partial charge in [0, 0.05) is 36.3 Å². The van der Waals surface area contributed by atoms with E-state index in [0.717, 1.165) is 29.8 Å². The van der Waals surface area contributed by atoms with Gasteiger partial charge in [-0.3, -0.25) is 5.32 Å². The predicted octanol–water partition coefficient (Wildman–Crippen LogP) is 6.26. The zero-order valence-corrected chi connectivity index (χ0v) is 21.0. The van der Waals surface area contributed by atoms with Gasteiger partial charge in [-0.25, -0.2) is 9.78 Å². The van der Waals surface area contributed by atoms with E-state index in [0.29, 0.717) is 42.4 Å². The van der Waals surface area contributed by atoms with E-state index >= 15 is 0 Å². The molecule has 1 amide bonds. The Kier molecular flexibility index (Phi) is 7.90. The average Bonchev–Trinajstić information content (AvgIpc) is 3.65. The highest BCUT2D eigenvalue weighted by atomic mass is 16.6. The lowest BCUT2D eigenvalue weighted by Gasteiger charge is -2.19. The van der Waals surface area contributed by atoms with E-state index in [1.807, 2.05) is 57.3 Å². The van der Waals surface area contributed by atoms with E-state index in [1.54, 1.807) is 25.3 Å². The smallest absolute Gasteiger partial charge is 0.412 e. The van der Waals surface area contributed by atoms with Gasteiger partial charge < -0.3 is 24.3 Å². The van der Waals surface area contributed by atoms with E-state index in [4.69, 9.17) is 18.9 Å². The normalized spacial score (nSPS) is 13.1. The van der Waals surface area contributed by atoms with Crippen LogP contribution in [0.15, 0.2) is 54.7 Å². The predicted molar refractivity (Wildman–Crippen MR) is 137 cm³/mol. The third-order valence-electron chi connectivity index (χ3n) is 5.16. The Morgan fingerprint density at radius 1 is 1.03 bits per heavy atom.